The van der Waals surface area contributed by atoms with E-state index in [1.165, 1.54) is 19.1 Å². The predicted octanol–water partition coefficient (Wildman–Crippen LogP) is 2.23. The number of ether oxygens (including phenoxy) is 1. The van der Waals surface area contributed by atoms with Crippen LogP contribution < -0.4 is 15.4 Å². The highest BCUT2D eigenvalue weighted by Crippen LogP contribution is 2.24. The first-order valence-corrected chi connectivity index (χ1v) is 11.1. The first kappa shape index (κ1) is 24.6. The van der Waals surface area contributed by atoms with Gasteiger partial charge in [-0.2, -0.15) is 4.72 Å². The van der Waals surface area contributed by atoms with Crippen LogP contribution in [0.3, 0.4) is 0 Å². The molecule has 1 atom stereocenters. The fraction of sp³-hybridized carbons (Fsp3) is 0.211. The van der Waals surface area contributed by atoms with Gasteiger partial charge >= 0.3 is 12.0 Å². The molecule has 0 aromatic heterocycles. The van der Waals surface area contributed by atoms with Crippen LogP contribution in [0.4, 0.5) is 4.79 Å². The van der Waals surface area contributed by atoms with Gasteiger partial charge in [-0.05, 0) is 30.7 Å². The number of imide groups is 1. The lowest BCUT2D eigenvalue weighted by molar-refractivity contribution is -0.153. The summed E-state index contributed by atoms with van der Waals surface area (Å²) in [5.41, 5.74) is 0.832. The minimum atomic E-state index is -4.06. The Morgan fingerprint density at radius 3 is 2.35 bits per heavy atom. The number of halogens is 2. The molecule has 0 saturated heterocycles. The number of urea groups is 1. The Labute approximate surface area is 189 Å². The Bertz CT molecular complexity index is 1060. The van der Waals surface area contributed by atoms with Gasteiger partial charge in [0.1, 0.15) is 6.54 Å². The summed E-state index contributed by atoms with van der Waals surface area (Å²) < 4.78 is 31.3. The fourth-order valence-corrected chi connectivity index (χ4v) is 3.57. The number of carbonyl (C=O) groups excluding carboxylic acids is 3. The molecule has 9 nitrogen and oxygen atoms in total. The van der Waals surface area contributed by atoms with Crippen LogP contribution in [0.5, 0.6) is 0 Å². The van der Waals surface area contributed by atoms with Crippen molar-refractivity contribution in [3.8, 4) is 0 Å². The van der Waals surface area contributed by atoms with Crippen LogP contribution in [0, 0.1) is 0 Å². The normalized spacial score (nSPS) is 12.0. The maximum absolute atomic E-state index is 12.2. The van der Waals surface area contributed by atoms with E-state index in [9.17, 15) is 22.8 Å². The third-order valence-electron chi connectivity index (χ3n) is 3.82. The van der Waals surface area contributed by atoms with Crippen LogP contribution in [0.15, 0.2) is 53.4 Å². The van der Waals surface area contributed by atoms with Crippen LogP contribution in [0.25, 0.3) is 0 Å². The molecule has 0 bridgehead atoms. The third-order valence-corrected chi connectivity index (χ3v) is 5.96. The van der Waals surface area contributed by atoms with E-state index in [1.807, 2.05) is 16.1 Å². The van der Waals surface area contributed by atoms with E-state index in [2.05, 4.69) is 5.32 Å². The number of carbonyl (C=O) groups is 3. The third kappa shape index (κ3) is 7.83. The Hall–Kier alpha value is -2.66. The minimum Gasteiger partial charge on any atom is -0.452 e. The number of amides is 3. The van der Waals surface area contributed by atoms with E-state index in [0.29, 0.717) is 0 Å². The van der Waals surface area contributed by atoms with Crippen molar-refractivity contribution < 1.29 is 27.5 Å². The lowest BCUT2D eigenvalue weighted by Crippen LogP contribution is -2.45. The topological polar surface area (TPSA) is 131 Å². The fourth-order valence-electron chi connectivity index (χ4n) is 2.21. The summed E-state index contributed by atoms with van der Waals surface area (Å²) in [5.74, 6) is -1.89. The quantitative estimate of drug-likeness (QED) is 0.489. The predicted molar refractivity (Wildman–Crippen MR) is 114 cm³/mol. The second kappa shape index (κ2) is 11.1. The van der Waals surface area contributed by atoms with Gasteiger partial charge in [-0.25, -0.2) is 13.2 Å². The molecule has 0 fully saturated rings. The van der Waals surface area contributed by atoms with Crippen molar-refractivity contribution in [2.45, 2.75) is 24.5 Å². The number of rotatable bonds is 8. The number of hydrogen-bond donors (Lipinski definition) is 3. The molecule has 0 aliphatic rings. The molecule has 0 heterocycles. The molecule has 2 aromatic rings. The largest absolute Gasteiger partial charge is 0.452 e. The monoisotopic (exact) mass is 487 g/mol. The summed E-state index contributed by atoms with van der Waals surface area (Å²) in [4.78, 5) is 35.4. The molecule has 3 amide bonds. The van der Waals surface area contributed by atoms with Crippen LogP contribution in [0.2, 0.25) is 10.0 Å². The molecule has 166 valence electrons. The van der Waals surface area contributed by atoms with Gasteiger partial charge in [-0.1, -0.05) is 53.5 Å². The molecule has 2 rings (SSSR count). The molecule has 0 saturated carbocycles. The molecule has 2 aromatic carbocycles. The van der Waals surface area contributed by atoms with Gasteiger partial charge in [0.2, 0.25) is 10.0 Å². The highest BCUT2D eigenvalue weighted by molar-refractivity contribution is 7.89. The smallest absolute Gasteiger partial charge is 0.321 e. The van der Waals surface area contributed by atoms with Crippen LogP contribution in [0.1, 0.15) is 12.5 Å². The maximum Gasteiger partial charge on any atom is 0.321 e. The van der Waals surface area contributed by atoms with Gasteiger partial charge in [-0.15, -0.1) is 0 Å². The molecule has 31 heavy (non-hydrogen) atoms. The summed E-state index contributed by atoms with van der Waals surface area (Å²) in [6, 6.07) is 11.9. The van der Waals surface area contributed by atoms with Gasteiger partial charge in [0.25, 0.3) is 5.91 Å². The molecule has 1 unspecified atom stereocenters. The van der Waals surface area contributed by atoms with Gasteiger partial charge in [0, 0.05) is 6.54 Å². The van der Waals surface area contributed by atoms with Crippen molar-refractivity contribution in [2.75, 3.05) is 6.54 Å². The second-order valence-electron chi connectivity index (χ2n) is 6.19. The summed E-state index contributed by atoms with van der Waals surface area (Å²) in [6.45, 7) is 0.705. The van der Waals surface area contributed by atoms with Crippen molar-refractivity contribution in [1.82, 2.24) is 15.4 Å². The van der Waals surface area contributed by atoms with Crippen molar-refractivity contribution >= 4 is 51.1 Å². The van der Waals surface area contributed by atoms with Crippen LogP contribution in [-0.2, 0) is 30.9 Å². The molecular formula is C19H19Cl2N3O6S. The molecule has 0 aliphatic carbocycles. The molecule has 0 spiro atoms. The zero-order valence-corrected chi connectivity index (χ0v) is 18.6. The maximum atomic E-state index is 12.2. The molecule has 0 aliphatic heterocycles. The SMILES string of the molecule is CC(OC(=O)CNS(=O)(=O)c1ccc(Cl)c(Cl)c1)C(=O)NC(=O)NCc1ccccc1. The van der Waals surface area contributed by atoms with E-state index in [4.69, 9.17) is 27.9 Å². The van der Waals surface area contributed by atoms with Crippen molar-refractivity contribution in [3.63, 3.8) is 0 Å². The second-order valence-corrected chi connectivity index (χ2v) is 8.77. The van der Waals surface area contributed by atoms with Gasteiger partial charge < -0.3 is 10.1 Å². The summed E-state index contributed by atoms with van der Waals surface area (Å²) in [6.07, 6.45) is -1.33. The molecular weight excluding hydrogens is 469 g/mol. The zero-order valence-electron chi connectivity index (χ0n) is 16.2. The highest BCUT2D eigenvalue weighted by Gasteiger charge is 2.22. The standard InChI is InChI=1S/C19H19Cl2N3O6S/c1-12(18(26)24-19(27)22-10-13-5-3-2-4-6-13)30-17(25)11-23-31(28,29)14-7-8-15(20)16(21)9-14/h2-9,12,23H,10-11H2,1H3,(H2,22,24,26,27). The highest BCUT2D eigenvalue weighted by atomic mass is 35.5. The Morgan fingerprint density at radius 1 is 1.03 bits per heavy atom. The van der Waals surface area contributed by atoms with E-state index >= 15 is 0 Å². The lowest BCUT2D eigenvalue weighted by Gasteiger charge is -2.14. The van der Waals surface area contributed by atoms with Gasteiger partial charge in [0.15, 0.2) is 6.10 Å². The van der Waals surface area contributed by atoms with E-state index in [1.54, 1.807) is 24.3 Å². The van der Waals surface area contributed by atoms with Gasteiger partial charge in [-0.3, -0.25) is 14.9 Å². The van der Waals surface area contributed by atoms with Crippen LogP contribution >= 0.6 is 23.2 Å². The number of esters is 1. The average molecular weight is 488 g/mol. The van der Waals surface area contributed by atoms with Crippen molar-refractivity contribution in [2.24, 2.45) is 0 Å². The lowest BCUT2D eigenvalue weighted by atomic mass is 10.2. The number of sulfonamides is 1. The average Bonchev–Trinajstić information content (AvgIpc) is 2.73. The zero-order chi connectivity index (χ0) is 23.0. The summed E-state index contributed by atoms with van der Waals surface area (Å²) in [7, 11) is -4.06. The molecule has 0 radical (unpaired) electrons. The first-order chi connectivity index (χ1) is 14.6. The van der Waals surface area contributed by atoms with Crippen molar-refractivity contribution in [1.29, 1.82) is 0 Å². The molecule has 12 heteroatoms. The summed E-state index contributed by atoms with van der Waals surface area (Å²) >= 11 is 11.5. The Morgan fingerprint density at radius 2 is 1.71 bits per heavy atom. The van der Waals surface area contributed by atoms with E-state index in [0.717, 1.165) is 11.6 Å². The first-order valence-electron chi connectivity index (χ1n) is 8.85. The van der Waals surface area contributed by atoms with Crippen LogP contribution in [-0.4, -0.2) is 39.0 Å². The van der Waals surface area contributed by atoms with Crippen molar-refractivity contribution in [3.05, 3.63) is 64.1 Å². The minimum absolute atomic E-state index is 0.0305. The van der Waals surface area contributed by atoms with E-state index < -0.39 is 40.6 Å². The number of hydrogen-bond acceptors (Lipinski definition) is 6. The number of nitrogens with one attached hydrogen (secondary N) is 3. The Kier molecular flexibility index (Phi) is 8.81. The Balaban J connectivity index is 1.79. The molecule has 3 N–H and O–H groups in total. The van der Waals surface area contributed by atoms with Gasteiger partial charge in [0.05, 0.1) is 14.9 Å². The van der Waals surface area contributed by atoms with E-state index in [-0.39, 0.29) is 21.5 Å². The number of benzene rings is 2. The summed E-state index contributed by atoms with van der Waals surface area (Å²) in [5, 5.41) is 4.72.